The van der Waals surface area contributed by atoms with Crippen LogP contribution in [0.2, 0.25) is 0 Å². The molecule has 0 heterocycles. The molecule has 0 spiro atoms. The molecule has 0 fully saturated rings. The first-order valence-electron chi connectivity index (χ1n) is 5.39. The Bertz CT molecular complexity index is 415. The van der Waals surface area contributed by atoms with Crippen molar-refractivity contribution in [3.8, 4) is 0 Å². The smallest absolute Gasteiger partial charge is 0.257 e. The summed E-state index contributed by atoms with van der Waals surface area (Å²) in [5, 5.41) is 0. The van der Waals surface area contributed by atoms with Gasteiger partial charge in [-0.05, 0) is 18.2 Å². The molecule has 0 aromatic heterocycles. The molecule has 18 heavy (non-hydrogen) atoms. The highest BCUT2D eigenvalue weighted by Crippen LogP contribution is 2.12. The van der Waals surface area contributed by atoms with E-state index in [1.165, 1.54) is 12.0 Å². The maximum atomic E-state index is 13.5. The number of alkyl halides is 1. The minimum Gasteiger partial charge on any atom is -0.383 e. The lowest BCUT2D eigenvalue weighted by Crippen LogP contribution is -2.36. The molecule has 1 amide bonds. The fourth-order valence-electron chi connectivity index (χ4n) is 1.45. The third kappa shape index (κ3) is 3.92. The van der Waals surface area contributed by atoms with Crippen LogP contribution in [0.15, 0.2) is 18.2 Å². The highest BCUT2D eigenvalue weighted by molar-refractivity contribution is 6.18. The Hall–Kier alpha value is -1.20. The van der Waals surface area contributed by atoms with Crippen LogP contribution < -0.4 is 0 Å². The van der Waals surface area contributed by atoms with Crippen LogP contribution in [0.5, 0.6) is 0 Å². The van der Waals surface area contributed by atoms with Crippen LogP contribution in [0.3, 0.4) is 0 Å². The molecule has 1 rings (SSSR count). The van der Waals surface area contributed by atoms with Crippen LogP contribution in [0.4, 0.5) is 8.78 Å². The van der Waals surface area contributed by atoms with Crippen molar-refractivity contribution in [2.75, 3.05) is 32.7 Å². The molecule has 0 saturated carbocycles. The summed E-state index contributed by atoms with van der Waals surface area (Å²) in [6.07, 6.45) is 0. The van der Waals surface area contributed by atoms with Gasteiger partial charge in [-0.25, -0.2) is 8.78 Å². The Labute approximate surface area is 109 Å². The average molecular weight is 278 g/mol. The number of carbonyl (C=O) groups excluding carboxylic acids is 1. The van der Waals surface area contributed by atoms with E-state index in [2.05, 4.69) is 0 Å². The molecule has 0 atom stereocenters. The minimum absolute atomic E-state index is 0.215. The molecule has 3 nitrogen and oxygen atoms in total. The number of hydrogen-bond acceptors (Lipinski definition) is 2. The summed E-state index contributed by atoms with van der Waals surface area (Å²) in [6.45, 7) is 0.831. The number of rotatable bonds is 6. The summed E-state index contributed by atoms with van der Waals surface area (Å²) >= 11 is 5.58. The van der Waals surface area contributed by atoms with Crippen LogP contribution in [-0.2, 0) is 4.74 Å². The molecule has 100 valence electrons. The number of carbonyl (C=O) groups is 1. The number of benzene rings is 1. The Balaban J connectivity index is 2.90. The van der Waals surface area contributed by atoms with Gasteiger partial charge >= 0.3 is 0 Å². The van der Waals surface area contributed by atoms with E-state index < -0.39 is 17.5 Å². The van der Waals surface area contributed by atoms with E-state index in [4.69, 9.17) is 16.3 Å². The monoisotopic (exact) mass is 277 g/mol. The molecule has 0 unspecified atom stereocenters. The van der Waals surface area contributed by atoms with Gasteiger partial charge in [0.1, 0.15) is 11.6 Å². The van der Waals surface area contributed by atoms with Gasteiger partial charge in [-0.3, -0.25) is 4.79 Å². The molecule has 1 aromatic rings. The fraction of sp³-hybridized carbons (Fsp3) is 0.417. The standard InChI is InChI=1S/C12H14ClF2NO2/c1-18-7-6-16(5-4-13)12(17)10-8-9(14)2-3-11(10)15/h2-3,8H,4-7H2,1H3. The number of hydrogen-bond donors (Lipinski definition) is 0. The lowest BCUT2D eigenvalue weighted by atomic mass is 10.1. The third-order valence-electron chi connectivity index (χ3n) is 2.37. The second-order valence-corrected chi connectivity index (χ2v) is 3.98. The topological polar surface area (TPSA) is 29.5 Å². The lowest BCUT2D eigenvalue weighted by molar-refractivity contribution is 0.0702. The predicted octanol–water partition coefficient (Wildman–Crippen LogP) is 2.29. The summed E-state index contributed by atoms with van der Waals surface area (Å²) in [7, 11) is 1.49. The number of nitrogens with zero attached hydrogens (tertiary/aromatic N) is 1. The quantitative estimate of drug-likeness (QED) is 0.747. The zero-order chi connectivity index (χ0) is 13.5. The highest BCUT2D eigenvalue weighted by atomic mass is 35.5. The Morgan fingerprint density at radius 1 is 1.39 bits per heavy atom. The van der Waals surface area contributed by atoms with Gasteiger partial charge in [-0.2, -0.15) is 0 Å². The van der Waals surface area contributed by atoms with E-state index in [1.54, 1.807) is 0 Å². The van der Waals surface area contributed by atoms with Crippen LogP contribution in [0.25, 0.3) is 0 Å². The van der Waals surface area contributed by atoms with Gasteiger partial charge in [0, 0.05) is 26.1 Å². The highest BCUT2D eigenvalue weighted by Gasteiger charge is 2.19. The van der Waals surface area contributed by atoms with Crippen molar-refractivity contribution in [2.24, 2.45) is 0 Å². The van der Waals surface area contributed by atoms with Crippen molar-refractivity contribution in [1.82, 2.24) is 4.90 Å². The van der Waals surface area contributed by atoms with Crippen molar-refractivity contribution in [3.63, 3.8) is 0 Å². The fourth-order valence-corrected chi connectivity index (χ4v) is 1.65. The molecule has 1 aromatic carbocycles. The molecule has 0 aliphatic carbocycles. The summed E-state index contributed by atoms with van der Waals surface area (Å²) in [5.74, 6) is -1.78. The van der Waals surface area contributed by atoms with E-state index >= 15 is 0 Å². The largest absolute Gasteiger partial charge is 0.383 e. The first-order valence-corrected chi connectivity index (χ1v) is 5.92. The van der Waals surface area contributed by atoms with Crippen molar-refractivity contribution >= 4 is 17.5 Å². The van der Waals surface area contributed by atoms with Crippen molar-refractivity contribution < 1.29 is 18.3 Å². The lowest BCUT2D eigenvalue weighted by Gasteiger charge is -2.21. The summed E-state index contributed by atoms with van der Waals surface area (Å²) in [5.41, 5.74) is -0.295. The zero-order valence-electron chi connectivity index (χ0n) is 9.96. The van der Waals surface area contributed by atoms with Gasteiger partial charge in [0.2, 0.25) is 0 Å². The first kappa shape index (κ1) is 14.9. The van der Waals surface area contributed by atoms with Crippen LogP contribution in [0, 0.1) is 11.6 Å². The van der Waals surface area contributed by atoms with E-state index in [-0.39, 0.29) is 24.5 Å². The molecule has 0 aliphatic rings. The molecule has 0 saturated heterocycles. The van der Waals surface area contributed by atoms with Crippen molar-refractivity contribution in [2.45, 2.75) is 0 Å². The molecule has 0 N–H and O–H groups in total. The van der Waals surface area contributed by atoms with Crippen LogP contribution >= 0.6 is 11.6 Å². The molecular formula is C12H14ClF2NO2. The van der Waals surface area contributed by atoms with Gasteiger partial charge in [-0.15, -0.1) is 11.6 Å². The van der Waals surface area contributed by atoms with Gasteiger partial charge in [0.25, 0.3) is 5.91 Å². The van der Waals surface area contributed by atoms with Gasteiger partial charge in [0.05, 0.1) is 12.2 Å². The maximum absolute atomic E-state index is 13.5. The third-order valence-corrected chi connectivity index (χ3v) is 2.53. The van der Waals surface area contributed by atoms with E-state index in [0.717, 1.165) is 18.2 Å². The second-order valence-electron chi connectivity index (χ2n) is 3.60. The number of halogens is 3. The van der Waals surface area contributed by atoms with Gasteiger partial charge in [-0.1, -0.05) is 0 Å². The van der Waals surface area contributed by atoms with E-state index in [1.807, 2.05) is 0 Å². The van der Waals surface area contributed by atoms with Gasteiger partial charge in [0.15, 0.2) is 0 Å². The summed E-state index contributed by atoms with van der Waals surface area (Å²) < 4.78 is 31.3. The molecule has 0 bridgehead atoms. The minimum atomic E-state index is -0.751. The Morgan fingerprint density at radius 2 is 2.11 bits per heavy atom. The summed E-state index contributed by atoms with van der Waals surface area (Å²) in [6, 6.07) is 2.77. The van der Waals surface area contributed by atoms with Crippen LogP contribution in [-0.4, -0.2) is 43.5 Å². The normalized spacial score (nSPS) is 10.4. The van der Waals surface area contributed by atoms with Gasteiger partial charge < -0.3 is 9.64 Å². The van der Waals surface area contributed by atoms with Crippen LogP contribution in [0.1, 0.15) is 10.4 Å². The summed E-state index contributed by atoms with van der Waals surface area (Å²) in [4.78, 5) is 13.3. The molecule has 6 heteroatoms. The average Bonchev–Trinajstić information content (AvgIpc) is 2.36. The number of ether oxygens (including phenoxy) is 1. The first-order chi connectivity index (χ1) is 8.60. The van der Waals surface area contributed by atoms with E-state index in [9.17, 15) is 13.6 Å². The predicted molar refractivity (Wildman–Crippen MR) is 64.9 cm³/mol. The Morgan fingerprint density at radius 3 is 2.72 bits per heavy atom. The van der Waals surface area contributed by atoms with Crippen molar-refractivity contribution in [3.05, 3.63) is 35.4 Å². The molecular weight excluding hydrogens is 264 g/mol. The number of methoxy groups -OCH3 is 1. The van der Waals surface area contributed by atoms with E-state index in [0.29, 0.717) is 6.61 Å². The Kier molecular flexibility index (Phi) is 6.01. The van der Waals surface area contributed by atoms with Crippen molar-refractivity contribution in [1.29, 1.82) is 0 Å². The SMILES string of the molecule is COCCN(CCCl)C(=O)c1cc(F)ccc1F. The molecule has 0 aliphatic heterocycles. The second kappa shape index (κ2) is 7.28. The number of amides is 1. The zero-order valence-corrected chi connectivity index (χ0v) is 10.7. The molecule has 0 radical (unpaired) electrons. The maximum Gasteiger partial charge on any atom is 0.257 e.